The molecule has 0 fully saturated rings. The SMILES string of the molecule is C=CCCCCCCCCCCCCCCCC.C[CH2][Zn][CH2]C. The molecule has 0 nitrogen and oxygen atoms in total. The van der Waals surface area contributed by atoms with Gasteiger partial charge in [0.15, 0.2) is 0 Å². The van der Waals surface area contributed by atoms with Crippen LogP contribution in [0.2, 0.25) is 10.0 Å². The Morgan fingerprint density at radius 2 is 0.913 bits per heavy atom. The third-order valence-corrected chi connectivity index (χ3v) is 7.44. The average Bonchev–Trinajstić information content (AvgIpc) is 2.56. The van der Waals surface area contributed by atoms with Gasteiger partial charge < -0.3 is 0 Å². The van der Waals surface area contributed by atoms with Gasteiger partial charge >= 0.3 is 41.0 Å². The van der Waals surface area contributed by atoms with E-state index in [1.807, 2.05) is 6.08 Å². The average molecular weight is 376 g/mol. The molecule has 0 N–H and O–H groups in total. The maximum atomic E-state index is 3.76. The second kappa shape index (κ2) is 27.2. The first-order valence-electron chi connectivity index (χ1n) is 10.9. The van der Waals surface area contributed by atoms with Crippen LogP contribution in [0.25, 0.3) is 0 Å². The van der Waals surface area contributed by atoms with Crippen LogP contribution in [0.5, 0.6) is 0 Å². The first-order chi connectivity index (χ1) is 11.3. The van der Waals surface area contributed by atoms with Crippen molar-refractivity contribution >= 4 is 0 Å². The molecule has 0 atom stereocenters. The fraction of sp³-hybridized carbons (Fsp3) is 0.909. The van der Waals surface area contributed by atoms with E-state index in [9.17, 15) is 0 Å². The molecule has 0 rings (SSSR count). The molecule has 0 aliphatic carbocycles. The zero-order valence-corrected chi connectivity index (χ0v) is 20.0. The van der Waals surface area contributed by atoms with Crippen LogP contribution in [0, 0.1) is 0 Å². The summed E-state index contributed by atoms with van der Waals surface area (Å²) < 4.78 is 0. The summed E-state index contributed by atoms with van der Waals surface area (Å²) in [5.74, 6) is 0. The summed E-state index contributed by atoms with van der Waals surface area (Å²) in [6.45, 7) is 10.6. The first kappa shape index (κ1) is 25.6. The normalized spacial score (nSPS) is 9.87. The molecule has 23 heavy (non-hydrogen) atoms. The third-order valence-electron chi connectivity index (χ3n) is 4.47. The molecule has 0 heterocycles. The van der Waals surface area contributed by atoms with Gasteiger partial charge in [0.05, 0.1) is 0 Å². The molecule has 0 aromatic rings. The Labute approximate surface area is 156 Å². The summed E-state index contributed by atoms with van der Waals surface area (Å²) in [5.41, 5.74) is 0. The quantitative estimate of drug-likeness (QED) is 0.135. The van der Waals surface area contributed by atoms with Crippen LogP contribution in [-0.4, -0.2) is 0 Å². The summed E-state index contributed by atoms with van der Waals surface area (Å²) in [5, 5.41) is 3.06. The standard InChI is InChI=1S/C18H36.2C2H5.Zn/c1-3-5-7-9-11-13-15-17-18-16-14-12-10-8-6-4-2;2*1-2;/h3H,1,4-18H2,2H3;2*1H2,2H3;. The Balaban J connectivity index is 0. The van der Waals surface area contributed by atoms with Gasteiger partial charge in [-0.1, -0.05) is 96.5 Å². The summed E-state index contributed by atoms with van der Waals surface area (Å²) in [6.07, 6.45) is 23.5. The molecule has 0 unspecified atom stereocenters. The van der Waals surface area contributed by atoms with E-state index in [4.69, 9.17) is 0 Å². The topological polar surface area (TPSA) is 0 Å². The second-order valence-electron chi connectivity index (χ2n) is 7.03. The van der Waals surface area contributed by atoms with E-state index < -0.39 is 0 Å². The molecule has 1 heteroatoms. The maximum absolute atomic E-state index is 3.76. The number of hydrogen-bond donors (Lipinski definition) is 0. The summed E-state index contributed by atoms with van der Waals surface area (Å²) in [6, 6.07) is 0. The van der Waals surface area contributed by atoms with Crippen LogP contribution < -0.4 is 0 Å². The number of hydrogen-bond acceptors (Lipinski definition) is 0. The molecule has 0 bridgehead atoms. The van der Waals surface area contributed by atoms with Gasteiger partial charge in [-0.05, 0) is 12.8 Å². The van der Waals surface area contributed by atoms with Gasteiger partial charge in [0.1, 0.15) is 0 Å². The third kappa shape index (κ3) is 30.8. The fourth-order valence-corrected chi connectivity index (χ4v) is 4.32. The number of unbranched alkanes of at least 4 members (excludes halogenated alkanes) is 14. The van der Waals surface area contributed by atoms with Crippen molar-refractivity contribution < 1.29 is 17.1 Å². The van der Waals surface area contributed by atoms with Gasteiger partial charge in [0, 0.05) is 0 Å². The molecule has 0 aliphatic heterocycles. The van der Waals surface area contributed by atoms with Crippen molar-refractivity contribution in [3.8, 4) is 0 Å². The zero-order valence-electron chi connectivity index (χ0n) is 17.0. The minimum atomic E-state index is 0.0972. The molecule has 0 spiro atoms. The van der Waals surface area contributed by atoms with Crippen molar-refractivity contribution in [1.82, 2.24) is 0 Å². The van der Waals surface area contributed by atoms with E-state index in [1.54, 1.807) is 0 Å². The number of rotatable bonds is 17. The molecular weight excluding hydrogens is 330 g/mol. The van der Waals surface area contributed by atoms with Gasteiger partial charge in [-0.15, -0.1) is 6.58 Å². The van der Waals surface area contributed by atoms with Gasteiger partial charge in [-0.2, -0.15) is 0 Å². The van der Waals surface area contributed by atoms with Crippen LogP contribution in [0.4, 0.5) is 0 Å². The van der Waals surface area contributed by atoms with E-state index in [0.29, 0.717) is 0 Å². The first-order valence-corrected chi connectivity index (χ1v) is 15.1. The van der Waals surface area contributed by atoms with Gasteiger partial charge in [0.25, 0.3) is 0 Å². The van der Waals surface area contributed by atoms with E-state index >= 15 is 0 Å². The molecule has 0 amide bonds. The summed E-state index contributed by atoms with van der Waals surface area (Å²) in [7, 11) is 0. The van der Waals surface area contributed by atoms with Crippen molar-refractivity contribution in [2.75, 3.05) is 0 Å². The zero-order chi connectivity index (χ0) is 17.4. The molecular formula is C22H46Zn. The predicted molar refractivity (Wildman–Crippen MR) is 106 cm³/mol. The van der Waals surface area contributed by atoms with Crippen LogP contribution in [0.3, 0.4) is 0 Å². The molecule has 0 radical (unpaired) electrons. The van der Waals surface area contributed by atoms with Crippen LogP contribution in [0.15, 0.2) is 12.7 Å². The molecule has 0 aromatic carbocycles. The van der Waals surface area contributed by atoms with Crippen LogP contribution >= 0.6 is 0 Å². The Morgan fingerprint density at radius 3 is 1.17 bits per heavy atom. The van der Waals surface area contributed by atoms with Crippen molar-refractivity contribution in [3.05, 3.63) is 12.7 Å². The van der Waals surface area contributed by atoms with Crippen LogP contribution in [-0.2, 0) is 17.1 Å². The Kier molecular flexibility index (Phi) is 30.3. The van der Waals surface area contributed by atoms with Crippen molar-refractivity contribution in [2.45, 2.75) is 127 Å². The fourth-order valence-electron chi connectivity index (χ4n) is 2.84. The molecule has 0 saturated heterocycles. The molecule has 0 aromatic heterocycles. The molecule has 136 valence electrons. The van der Waals surface area contributed by atoms with E-state index in [2.05, 4.69) is 27.4 Å². The van der Waals surface area contributed by atoms with Gasteiger partial charge in [-0.3, -0.25) is 0 Å². The summed E-state index contributed by atoms with van der Waals surface area (Å²) >= 11 is 0.0972. The second-order valence-corrected chi connectivity index (χ2v) is 12.7. The van der Waals surface area contributed by atoms with Crippen molar-refractivity contribution in [2.24, 2.45) is 0 Å². The molecule has 0 saturated carbocycles. The minimum absolute atomic E-state index is 0.0972. The van der Waals surface area contributed by atoms with Crippen molar-refractivity contribution in [1.29, 1.82) is 0 Å². The van der Waals surface area contributed by atoms with E-state index in [0.717, 1.165) is 0 Å². The van der Waals surface area contributed by atoms with Crippen LogP contribution in [0.1, 0.15) is 117 Å². The number of allylic oxidation sites excluding steroid dienone is 1. The Hall–Kier alpha value is 0.363. The monoisotopic (exact) mass is 374 g/mol. The van der Waals surface area contributed by atoms with E-state index in [-0.39, 0.29) is 17.1 Å². The Bertz CT molecular complexity index is 186. The van der Waals surface area contributed by atoms with Gasteiger partial charge in [0.2, 0.25) is 0 Å². The predicted octanol–water partition coefficient (Wildman–Crippen LogP) is 8.99. The van der Waals surface area contributed by atoms with Crippen molar-refractivity contribution in [3.63, 3.8) is 0 Å². The summed E-state index contributed by atoms with van der Waals surface area (Å²) in [4.78, 5) is 0. The van der Waals surface area contributed by atoms with Gasteiger partial charge in [-0.25, -0.2) is 0 Å². The van der Waals surface area contributed by atoms with E-state index in [1.165, 1.54) is 106 Å². The Morgan fingerprint density at radius 1 is 0.565 bits per heavy atom. The molecule has 0 aliphatic rings.